The lowest BCUT2D eigenvalue weighted by molar-refractivity contribution is -0.138. The van der Waals surface area contributed by atoms with Crippen molar-refractivity contribution in [2.24, 2.45) is 5.92 Å². The Bertz CT molecular complexity index is 81.4. The zero-order chi connectivity index (χ0) is 6.57. The molecule has 0 aromatic carbocycles. The van der Waals surface area contributed by atoms with Crippen molar-refractivity contribution in [3.63, 3.8) is 0 Å². The maximum absolute atomic E-state index is 10.4. The third kappa shape index (κ3) is 2.76. The van der Waals surface area contributed by atoms with E-state index in [1.165, 1.54) is 0 Å². The smallest absolute Gasteiger partial charge is 0.366 e. The molecule has 0 fully saturated rings. The van der Waals surface area contributed by atoms with E-state index in [9.17, 15) is 4.79 Å². The topological polar surface area (TPSA) is 46.5 Å². The van der Waals surface area contributed by atoms with Crippen molar-refractivity contribution in [3.05, 3.63) is 0 Å². The average molecular weight is 134 g/mol. The quantitative estimate of drug-likeness (QED) is 0.502. The van der Waals surface area contributed by atoms with Crippen molar-refractivity contribution in [1.82, 2.24) is 0 Å². The van der Waals surface area contributed by atoms with E-state index >= 15 is 0 Å². The molecule has 0 aliphatic heterocycles. The Balaban J connectivity index is 3.33. The molecule has 0 bridgehead atoms. The van der Waals surface area contributed by atoms with Crippen LogP contribution in [0.25, 0.3) is 0 Å². The fourth-order valence-electron chi connectivity index (χ4n) is 0.230. The monoisotopic (exact) mass is 134 g/mol. The summed E-state index contributed by atoms with van der Waals surface area (Å²) in [4.78, 5) is 18.6. The van der Waals surface area contributed by atoms with Crippen molar-refractivity contribution in [2.75, 3.05) is 0 Å². The molecular formula is C4H10O3Si. The molecule has 0 saturated carbocycles. The van der Waals surface area contributed by atoms with Crippen LogP contribution in [0, 0.1) is 5.92 Å². The number of carbonyl (C=O) groups excluding carboxylic acids is 1. The van der Waals surface area contributed by atoms with Gasteiger partial charge < -0.3 is 9.22 Å². The minimum atomic E-state index is -1.53. The van der Waals surface area contributed by atoms with Crippen LogP contribution in [0.2, 0.25) is 0 Å². The standard InChI is InChI=1S/C4H10O3Si/c1-3(2)4(5)7-8-6/h3,6H,8H2,1-2H3. The van der Waals surface area contributed by atoms with Gasteiger partial charge in [0.05, 0.1) is 0 Å². The van der Waals surface area contributed by atoms with Crippen LogP contribution in [0.5, 0.6) is 0 Å². The fourth-order valence-corrected chi connectivity index (χ4v) is 0.691. The lowest BCUT2D eigenvalue weighted by atomic mass is 10.2. The summed E-state index contributed by atoms with van der Waals surface area (Å²) in [7, 11) is -1.53. The van der Waals surface area contributed by atoms with Crippen LogP contribution in [-0.2, 0) is 9.22 Å². The van der Waals surface area contributed by atoms with Gasteiger partial charge in [0.1, 0.15) is 0 Å². The van der Waals surface area contributed by atoms with Gasteiger partial charge in [0.2, 0.25) is 0 Å². The predicted molar refractivity (Wildman–Crippen MR) is 31.7 cm³/mol. The molecule has 0 unspecified atom stereocenters. The third-order valence-electron chi connectivity index (χ3n) is 0.678. The van der Waals surface area contributed by atoms with Crippen LogP contribution in [0.3, 0.4) is 0 Å². The number of carbonyl (C=O) groups is 1. The molecule has 0 aliphatic carbocycles. The molecule has 0 aromatic heterocycles. The summed E-state index contributed by atoms with van der Waals surface area (Å²) in [5.74, 6) is -0.422. The zero-order valence-electron chi connectivity index (χ0n) is 5.05. The maximum atomic E-state index is 10.4. The summed E-state index contributed by atoms with van der Waals surface area (Å²) in [5, 5.41) is 0. The van der Waals surface area contributed by atoms with Crippen molar-refractivity contribution < 1.29 is 14.0 Å². The largest absolute Gasteiger partial charge is 0.499 e. The van der Waals surface area contributed by atoms with Crippen LogP contribution in [0.4, 0.5) is 0 Å². The first-order chi connectivity index (χ1) is 3.68. The lowest BCUT2D eigenvalue weighted by Gasteiger charge is -2.01. The SMILES string of the molecule is CC(C)C(=O)O[SiH2]O. The van der Waals surface area contributed by atoms with Crippen LogP contribution >= 0.6 is 0 Å². The molecule has 48 valence electrons. The molecule has 1 N–H and O–H groups in total. The Morgan fingerprint density at radius 3 is 2.38 bits per heavy atom. The van der Waals surface area contributed by atoms with E-state index in [1.54, 1.807) is 13.8 Å². The highest BCUT2D eigenvalue weighted by atomic mass is 28.2. The Morgan fingerprint density at radius 1 is 1.75 bits per heavy atom. The van der Waals surface area contributed by atoms with E-state index in [2.05, 4.69) is 4.43 Å². The zero-order valence-corrected chi connectivity index (χ0v) is 6.46. The van der Waals surface area contributed by atoms with Crippen LogP contribution in [0.1, 0.15) is 13.8 Å². The molecule has 0 radical (unpaired) electrons. The van der Waals surface area contributed by atoms with Gasteiger partial charge in [-0.3, -0.25) is 4.79 Å². The van der Waals surface area contributed by atoms with E-state index < -0.39 is 10.0 Å². The van der Waals surface area contributed by atoms with Gasteiger partial charge in [-0.25, -0.2) is 0 Å². The van der Waals surface area contributed by atoms with Crippen molar-refractivity contribution in [2.45, 2.75) is 13.8 Å². The molecule has 0 atom stereocenters. The highest BCUT2D eigenvalue weighted by Gasteiger charge is 2.05. The second-order valence-electron chi connectivity index (χ2n) is 1.75. The number of hydrogen-bond donors (Lipinski definition) is 1. The fraction of sp³-hybridized carbons (Fsp3) is 0.750. The highest BCUT2D eigenvalue weighted by Crippen LogP contribution is 1.92. The van der Waals surface area contributed by atoms with Crippen LogP contribution < -0.4 is 0 Å². The van der Waals surface area contributed by atoms with Crippen molar-refractivity contribution in [1.29, 1.82) is 0 Å². The Kier molecular flexibility index (Phi) is 3.46. The first-order valence-electron chi connectivity index (χ1n) is 2.46. The molecule has 0 heterocycles. The van der Waals surface area contributed by atoms with E-state index in [0.717, 1.165) is 0 Å². The minimum absolute atomic E-state index is 0.116. The van der Waals surface area contributed by atoms with Gasteiger partial charge in [-0.1, -0.05) is 13.8 Å². The second-order valence-corrected chi connectivity index (χ2v) is 2.29. The highest BCUT2D eigenvalue weighted by molar-refractivity contribution is 6.20. The molecule has 4 heteroatoms. The molecule has 0 aromatic rings. The first kappa shape index (κ1) is 7.65. The maximum Gasteiger partial charge on any atom is 0.366 e. The molecule has 8 heavy (non-hydrogen) atoms. The molecule has 3 nitrogen and oxygen atoms in total. The summed E-state index contributed by atoms with van der Waals surface area (Å²) in [6.45, 7) is 3.46. The number of hydrogen-bond acceptors (Lipinski definition) is 3. The molecule has 0 saturated heterocycles. The van der Waals surface area contributed by atoms with E-state index in [1.807, 2.05) is 0 Å². The summed E-state index contributed by atoms with van der Waals surface area (Å²) in [5.41, 5.74) is 0. The lowest BCUT2D eigenvalue weighted by Crippen LogP contribution is -2.13. The van der Waals surface area contributed by atoms with Gasteiger partial charge in [0.25, 0.3) is 5.97 Å². The molecule has 0 amide bonds. The van der Waals surface area contributed by atoms with Gasteiger partial charge >= 0.3 is 10.0 Å². The van der Waals surface area contributed by atoms with Crippen LogP contribution in [-0.4, -0.2) is 20.8 Å². The van der Waals surface area contributed by atoms with E-state index in [-0.39, 0.29) is 11.9 Å². The predicted octanol–water partition coefficient (Wildman–Crippen LogP) is -0.823. The van der Waals surface area contributed by atoms with E-state index in [4.69, 9.17) is 4.80 Å². The Morgan fingerprint density at radius 2 is 2.25 bits per heavy atom. The van der Waals surface area contributed by atoms with Crippen molar-refractivity contribution in [3.8, 4) is 0 Å². The second kappa shape index (κ2) is 3.62. The van der Waals surface area contributed by atoms with Gasteiger partial charge in [-0.15, -0.1) is 0 Å². The van der Waals surface area contributed by atoms with Crippen molar-refractivity contribution >= 4 is 16.0 Å². The van der Waals surface area contributed by atoms with Gasteiger partial charge in [-0.05, 0) is 0 Å². The molecule has 0 aliphatic rings. The summed E-state index contributed by atoms with van der Waals surface area (Å²) >= 11 is 0. The molecular weight excluding hydrogens is 124 g/mol. The normalized spacial score (nSPS) is 11.0. The van der Waals surface area contributed by atoms with Crippen LogP contribution in [0.15, 0.2) is 0 Å². The minimum Gasteiger partial charge on any atom is -0.499 e. The number of rotatable bonds is 2. The molecule has 0 rings (SSSR count). The van der Waals surface area contributed by atoms with Gasteiger partial charge in [-0.2, -0.15) is 0 Å². The average Bonchev–Trinajstić information content (AvgIpc) is 1.67. The third-order valence-corrected chi connectivity index (χ3v) is 1.09. The van der Waals surface area contributed by atoms with Gasteiger partial charge in [0, 0.05) is 5.92 Å². The summed E-state index contributed by atoms with van der Waals surface area (Å²) < 4.78 is 4.36. The van der Waals surface area contributed by atoms with E-state index in [0.29, 0.717) is 0 Å². The summed E-state index contributed by atoms with van der Waals surface area (Å²) in [6, 6.07) is 0. The first-order valence-corrected chi connectivity index (χ1v) is 3.67. The Labute approximate surface area is 50.7 Å². The molecule has 0 spiro atoms. The van der Waals surface area contributed by atoms with Gasteiger partial charge in [0.15, 0.2) is 0 Å². The summed E-state index contributed by atoms with van der Waals surface area (Å²) in [6.07, 6.45) is 0. The Hall–Kier alpha value is -0.353.